The summed E-state index contributed by atoms with van der Waals surface area (Å²) in [6, 6.07) is 6.01. The van der Waals surface area contributed by atoms with Gasteiger partial charge in [0.2, 0.25) is 0 Å². The molecule has 1 atom stereocenters. The van der Waals surface area contributed by atoms with Crippen LogP contribution in [0.15, 0.2) is 53.9 Å². The Morgan fingerprint density at radius 3 is 2.50 bits per heavy atom. The van der Waals surface area contributed by atoms with Gasteiger partial charge in [-0.15, -0.1) is 6.58 Å². The molecule has 2 aromatic rings. The number of nitro benzene ring substituents is 1. The molecule has 2 rings (SSSR count). The minimum Gasteiger partial charge on any atom is -0.480 e. The number of carboxylic acids is 1. The molecule has 0 spiro atoms. The van der Waals surface area contributed by atoms with Gasteiger partial charge in [0.05, 0.1) is 20.4 Å². The summed E-state index contributed by atoms with van der Waals surface area (Å²) in [4.78, 5) is 21.6. The molecule has 0 aromatic heterocycles. The minimum absolute atomic E-state index is 0.0159. The molecule has 1 unspecified atom stereocenters. The molecule has 1 N–H and O–H groups in total. The first-order valence-electron chi connectivity index (χ1n) is 7.38. The minimum atomic E-state index is -4.57. The van der Waals surface area contributed by atoms with E-state index in [1.165, 1.54) is 12.1 Å². The van der Waals surface area contributed by atoms with E-state index in [1.807, 2.05) is 0 Å². The zero-order valence-corrected chi connectivity index (χ0v) is 15.3. The second-order valence-electron chi connectivity index (χ2n) is 5.24. The van der Waals surface area contributed by atoms with Crippen molar-refractivity contribution in [1.82, 2.24) is 0 Å². The molecule has 0 aliphatic heterocycles. The van der Waals surface area contributed by atoms with Gasteiger partial charge in [-0.3, -0.25) is 14.9 Å². The maximum Gasteiger partial charge on any atom is 0.416 e. The lowest BCUT2D eigenvalue weighted by atomic mass is 10.2. The van der Waals surface area contributed by atoms with Crippen LogP contribution in [0.5, 0.6) is 11.5 Å². The average Bonchev–Trinajstić information content (AvgIpc) is 2.60. The third kappa shape index (κ3) is 5.17. The average molecular weight is 434 g/mol. The lowest BCUT2D eigenvalue weighted by Crippen LogP contribution is -2.13. The van der Waals surface area contributed by atoms with Gasteiger partial charge in [0.15, 0.2) is 0 Å². The largest absolute Gasteiger partial charge is 0.480 e. The lowest BCUT2D eigenvalue weighted by molar-refractivity contribution is -0.387. The Bertz CT molecular complexity index is 935. The molecule has 0 amide bonds. The first-order chi connectivity index (χ1) is 13.0. The van der Waals surface area contributed by atoms with Crippen molar-refractivity contribution in [2.24, 2.45) is 0 Å². The Morgan fingerprint density at radius 1 is 1.32 bits per heavy atom. The number of carbonyl (C=O) groups is 1. The van der Waals surface area contributed by atoms with Crippen LogP contribution >= 0.6 is 23.4 Å². The predicted octanol–water partition coefficient (Wildman–Crippen LogP) is 5.79. The Balaban J connectivity index is 2.37. The van der Waals surface area contributed by atoms with Crippen molar-refractivity contribution < 1.29 is 32.7 Å². The smallest absolute Gasteiger partial charge is 0.416 e. The fourth-order valence-corrected chi connectivity index (χ4v) is 3.16. The van der Waals surface area contributed by atoms with Gasteiger partial charge in [-0.05, 0) is 24.3 Å². The normalized spacial score (nSPS) is 12.3. The van der Waals surface area contributed by atoms with Crippen LogP contribution < -0.4 is 4.74 Å². The number of nitro groups is 1. The zero-order chi connectivity index (χ0) is 21.1. The topological polar surface area (TPSA) is 89.7 Å². The van der Waals surface area contributed by atoms with Gasteiger partial charge >= 0.3 is 12.1 Å². The Labute approximate surface area is 165 Å². The molecule has 0 heterocycles. The highest BCUT2D eigenvalue weighted by Gasteiger charge is 2.31. The highest BCUT2D eigenvalue weighted by atomic mass is 35.5. The SMILES string of the molecule is C=CC(Sc1cc(Oc2ccc(C(F)(F)F)cc2Cl)ccc1[N+](=O)[O-])C(=O)O. The molecule has 0 aliphatic carbocycles. The van der Waals surface area contributed by atoms with Crippen molar-refractivity contribution in [3.05, 3.63) is 69.8 Å². The lowest BCUT2D eigenvalue weighted by Gasteiger charge is -2.13. The second-order valence-corrected chi connectivity index (χ2v) is 6.83. The number of hydrogen-bond acceptors (Lipinski definition) is 5. The number of alkyl halides is 3. The fraction of sp³-hybridized carbons (Fsp3) is 0.118. The van der Waals surface area contributed by atoms with Crippen molar-refractivity contribution in [2.75, 3.05) is 0 Å². The summed E-state index contributed by atoms with van der Waals surface area (Å²) in [6.45, 7) is 3.37. The number of aliphatic carboxylic acids is 1. The molecule has 148 valence electrons. The van der Waals surface area contributed by atoms with Crippen LogP contribution in [0.25, 0.3) is 0 Å². The molecule has 0 bridgehead atoms. The van der Waals surface area contributed by atoms with E-state index in [1.54, 1.807) is 0 Å². The molecule has 6 nitrogen and oxygen atoms in total. The van der Waals surface area contributed by atoms with Crippen molar-refractivity contribution in [2.45, 2.75) is 16.3 Å². The number of carboxylic acid groups (broad SMARTS) is 1. The third-order valence-corrected chi connectivity index (χ3v) is 4.85. The number of hydrogen-bond donors (Lipinski definition) is 1. The monoisotopic (exact) mass is 433 g/mol. The summed E-state index contributed by atoms with van der Waals surface area (Å²) in [5, 5.41) is 18.8. The second kappa shape index (κ2) is 8.53. The highest BCUT2D eigenvalue weighted by Crippen LogP contribution is 2.39. The number of ether oxygens (including phenoxy) is 1. The van der Waals surface area contributed by atoms with Gasteiger partial charge in [-0.1, -0.05) is 29.4 Å². The van der Waals surface area contributed by atoms with Crippen LogP contribution in [0.3, 0.4) is 0 Å². The van der Waals surface area contributed by atoms with E-state index in [0.29, 0.717) is 17.8 Å². The van der Waals surface area contributed by atoms with E-state index in [4.69, 9.17) is 21.4 Å². The Hall–Kier alpha value is -2.72. The molecular formula is C17H11ClF3NO5S. The molecular weight excluding hydrogens is 423 g/mol. The maximum absolute atomic E-state index is 12.7. The zero-order valence-electron chi connectivity index (χ0n) is 13.8. The molecule has 2 aromatic carbocycles. The van der Waals surface area contributed by atoms with E-state index >= 15 is 0 Å². The summed E-state index contributed by atoms with van der Waals surface area (Å²) < 4.78 is 43.5. The third-order valence-electron chi connectivity index (χ3n) is 3.33. The molecule has 0 saturated carbocycles. The molecule has 11 heteroatoms. The van der Waals surface area contributed by atoms with E-state index in [-0.39, 0.29) is 27.1 Å². The van der Waals surface area contributed by atoms with Gasteiger partial charge in [0.25, 0.3) is 5.69 Å². The van der Waals surface area contributed by atoms with E-state index < -0.39 is 27.9 Å². The van der Waals surface area contributed by atoms with Crippen LogP contribution in [0.1, 0.15) is 5.56 Å². The highest BCUT2D eigenvalue weighted by molar-refractivity contribution is 8.01. The summed E-state index contributed by atoms with van der Waals surface area (Å²) in [5.74, 6) is -1.31. The van der Waals surface area contributed by atoms with Crippen LogP contribution in [0.4, 0.5) is 18.9 Å². The summed E-state index contributed by atoms with van der Waals surface area (Å²) in [7, 11) is 0. The molecule has 28 heavy (non-hydrogen) atoms. The van der Waals surface area contributed by atoms with E-state index in [0.717, 1.165) is 24.3 Å². The van der Waals surface area contributed by atoms with Gasteiger partial charge in [-0.25, -0.2) is 0 Å². The van der Waals surface area contributed by atoms with Gasteiger partial charge in [0.1, 0.15) is 16.7 Å². The van der Waals surface area contributed by atoms with Gasteiger partial charge in [-0.2, -0.15) is 13.2 Å². The summed E-state index contributed by atoms with van der Waals surface area (Å²) in [6.07, 6.45) is -3.47. The van der Waals surface area contributed by atoms with E-state index in [2.05, 4.69) is 6.58 Å². The van der Waals surface area contributed by atoms with Crippen molar-refractivity contribution >= 4 is 35.0 Å². The predicted molar refractivity (Wildman–Crippen MR) is 97.1 cm³/mol. The van der Waals surface area contributed by atoms with Crippen molar-refractivity contribution in [3.8, 4) is 11.5 Å². The number of benzene rings is 2. The Kier molecular flexibility index (Phi) is 6.57. The number of thioether (sulfide) groups is 1. The van der Waals surface area contributed by atoms with Crippen LogP contribution in [-0.2, 0) is 11.0 Å². The van der Waals surface area contributed by atoms with Crippen molar-refractivity contribution in [1.29, 1.82) is 0 Å². The van der Waals surface area contributed by atoms with Gasteiger partial charge < -0.3 is 9.84 Å². The summed E-state index contributed by atoms with van der Waals surface area (Å²) >= 11 is 6.49. The number of nitrogens with zero attached hydrogens (tertiary/aromatic N) is 1. The molecule has 0 saturated heterocycles. The molecule has 0 fully saturated rings. The quantitative estimate of drug-likeness (QED) is 0.257. The van der Waals surface area contributed by atoms with Gasteiger partial charge in [0, 0.05) is 12.1 Å². The molecule has 0 aliphatic rings. The Morgan fingerprint density at radius 2 is 2.00 bits per heavy atom. The van der Waals surface area contributed by atoms with E-state index in [9.17, 15) is 28.1 Å². The summed E-state index contributed by atoms with van der Waals surface area (Å²) in [5.41, 5.74) is -1.32. The van der Waals surface area contributed by atoms with Crippen LogP contribution in [-0.4, -0.2) is 21.2 Å². The number of rotatable bonds is 7. The standard InChI is InChI=1S/C17H11ClF3NO5S/c1-2-14(16(23)24)28-15-8-10(4-5-12(15)22(25)26)27-13-6-3-9(7-11(13)18)17(19,20)21/h2-8,14H,1H2,(H,23,24). The van der Waals surface area contributed by atoms with Crippen LogP contribution in [0.2, 0.25) is 5.02 Å². The number of halogens is 4. The van der Waals surface area contributed by atoms with Crippen LogP contribution in [0, 0.1) is 10.1 Å². The van der Waals surface area contributed by atoms with Crippen molar-refractivity contribution in [3.63, 3.8) is 0 Å². The first-order valence-corrected chi connectivity index (χ1v) is 8.63. The first kappa shape index (κ1) is 21.6. The maximum atomic E-state index is 12.7. The fourth-order valence-electron chi connectivity index (χ4n) is 2.03. The molecule has 0 radical (unpaired) electrons.